The lowest BCUT2D eigenvalue weighted by atomic mass is 10.2. The number of carbonyl (C=O) groups excluding carboxylic acids is 1. The number of aromatic nitrogens is 2. The average molecular weight is 267 g/mol. The van der Waals surface area contributed by atoms with Gasteiger partial charge in [0.1, 0.15) is 5.88 Å². The summed E-state index contributed by atoms with van der Waals surface area (Å²) in [7, 11) is 0. The van der Waals surface area contributed by atoms with Crippen LogP contribution in [0.25, 0.3) is 0 Å². The third-order valence-electron chi connectivity index (χ3n) is 2.40. The lowest BCUT2D eigenvalue weighted by molar-refractivity contribution is -0.760. The van der Waals surface area contributed by atoms with E-state index in [9.17, 15) is 4.79 Å². The van der Waals surface area contributed by atoms with Crippen molar-refractivity contribution < 1.29 is 14.0 Å². The minimum absolute atomic E-state index is 0.214. The number of hydrogen-bond donors (Lipinski definition) is 1. The van der Waals surface area contributed by atoms with Crippen LogP contribution in [-0.2, 0) is 17.2 Å². The van der Waals surface area contributed by atoms with Crippen LogP contribution in [0.2, 0.25) is 0 Å². The molecule has 0 atom stereocenters. The number of carbonyl (C=O) groups is 1. The van der Waals surface area contributed by atoms with E-state index in [4.69, 9.17) is 16.1 Å². The topological polar surface area (TPSA) is 59.0 Å². The Morgan fingerprint density at radius 1 is 1.44 bits per heavy atom. The van der Waals surface area contributed by atoms with Crippen LogP contribution in [0, 0.1) is 0 Å². The van der Waals surface area contributed by atoms with Crippen LogP contribution >= 0.6 is 11.6 Å². The van der Waals surface area contributed by atoms with Gasteiger partial charge in [0.25, 0.3) is 5.69 Å². The third kappa shape index (κ3) is 2.87. The van der Waals surface area contributed by atoms with Crippen molar-refractivity contribution >= 4 is 23.4 Å². The first-order valence-corrected chi connectivity index (χ1v) is 6.00. The quantitative estimate of drug-likeness (QED) is 0.677. The van der Waals surface area contributed by atoms with E-state index in [2.05, 4.69) is 10.6 Å². The maximum absolute atomic E-state index is 11.0. The van der Waals surface area contributed by atoms with Gasteiger partial charge in [-0.2, -0.15) is 0 Å². The standard InChI is InChI=1S/C12H12ClN3O2/c1-9(17)14-12-11(7-13)16(15-18-12)8-10-5-3-2-4-6-10/h2-6H,7-8H2,1H3/p+1. The molecular weight excluding hydrogens is 254 g/mol. The molecule has 0 spiro atoms. The molecule has 0 bridgehead atoms. The zero-order chi connectivity index (χ0) is 13.0. The SMILES string of the molecule is CC(=O)Nc1on[n+](Cc2ccccc2)c1CCl. The van der Waals surface area contributed by atoms with Crippen molar-refractivity contribution in [1.29, 1.82) is 0 Å². The molecule has 1 aromatic heterocycles. The van der Waals surface area contributed by atoms with Gasteiger partial charge in [0.05, 0.1) is 0 Å². The smallest absolute Gasteiger partial charge is 0.289 e. The molecule has 0 aliphatic heterocycles. The number of hydrogen-bond acceptors (Lipinski definition) is 3. The molecule has 2 rings (SSSR count). The molecule has 5 nitrogen and oxygen atoms in total. The monoisotopic (exact) mass is 266 g/mol. The summed E-state index contributed by atoms with van der Waals surface area (Å²) in [6, 6.07) is 9.81. The highest BCUT2D eigenvalue weighted by Crippen LogP contribution is 2.13. The second-order valence-electron chi connectivity index (χ2n) is 3.81. The number of rotatable bonds is 4. The molecule has 0 fully saturated rings. The summed E-state index contributed by atoms with van der Waals surface area (Å²) in [6.07, 6.45) is 0. The first-order valence-electron chi connectivity index (χ1n) is 5.47. The van der Waals surface area contributed by atoms with E-state index >= 15 is 0 Å². The minimum atomic E-state index is -0.218. The highest BCUT2D eigenvalue weighted by Gasteiger charge is 2.24. The maximum atomic E-state index is 11.0. The fourth-order valence-electron chi connectivity index (χ4n) is 1.57. The summed E-state index contributed by atoms with van der Waals surface area (Å²) in [5.41, 5.74) is 1.73. The fraction of sp³-hybridized carbons (Fsp3) is 0.250. The molecule has 0 saturated heterocycles. The van der Waals surface area contributed by atoms with Gasteiger partial charge in [-0.25, -0.2) is 0 Å². The molecule has 1 N–H and O–H groups in total. The molecule has 0 unspecified atom stereocenters. The molecule has 0 aliphatic carbocycles. The van der Waals surface area contributed by atoms with Crippen LogP contribution in [0.1, 0.15) is 18.2 Å². The van der Waals surface area contributed by atoms with Crippen LogP contribution in [0.3, 0.4) is 0 Å². The number of nitrogens with one attached hydrogen (secondary N) is 1. The van der Waals surface area contributed by atoms with Gasteiger partial charge in [-0.3, -0.25) is 14.6 Å². The summed E-state index contributed by atoms with van der Waals surface area (Å²) in [4.78, 5) is 11.0. The summed E-state index contributed by atoms with van der Waals surface area (Å²) in [5, 5.41) is 6.43. The molecule has 18 heavy (non-hydrogen) atoms. The van der Waals surface area contributed by atoms with Crippen molar-refractivity contribution in [1.82, 2.24) is 5.27 Å². The largest absolute Gasteiger partial charge is 0.306 e. The number of amides is 1. The minimum Gasteiger partial charge on any atom is -0.289 e. The normalized spacial score (nSPS) is 10.3. The molecule has 0 radical (unpaired) electrons. The van der Waals surface area contributed by atoms with Gasteiger partial charge in [0.15, 0.2) is 0 Å². The van der Waals surface area contributed by atoms with Gasteiger partial charge < -0.3 is 0 Å². The first kappa shape index (κ1) is 12.6. The van der Waals surface area contributed by atoms with Crippen molar-refractivity contribution in [2.75, 3.05) is 5.32 Å². The molecule has 1 aromatic carbocycles. The maximum Gasteiger partial charge on any atom is 0.306 e. The van der Waals surface area contributed by atoms with E-state index < -0.39 is 0 Å². The van der Waals surface area contributed by atoms with E-state index in [1.165, 1.54) is 6.92 Å². The highest BCUT2D eigenvalue weighted by atomic mass is 35.5. The molecular formula is C12H13ClN3O2+. The van der Waals surface area contributed by atoms with Gasteiger partial charge in [-0.05, 0) is 4.68 Å². The Labute approximate surface area is 109 Å². The summed E-state index contributed by atoms with van der Waals surface area (Å²) < 4.78 is 6.70. The Bertz CT molecular complexity index is 540. The lowest BCUT2D eigenvalue weighted by Crippen LogP contribution is -2.39. The van der Waals surface area contributed by atoms with E-state index in [1.54, 1.807) is 4.68 Å². The van der Waals surface area contributed by atoms with Gasteiger partial charge >= 0.3 is 5.88 Å². The first-order chi connectivity index (χ1) is 8.70. The van der Waals surface area contributed by atoms with Crippen LogP contribution < -0.4 is 10.00 Å². The summed E-state index contributed by atoms with van der Waals surface area (Å²) >= 11 is 5.86. The summed E-state index contributed by atoms with van der Waals surface area (Å²) in [5.74, 6) is 0.296. The molecule has 6 heteroatoms. The second kappa shape index (κ2) is 5.64. The second-order valence-corrected chi connectivity index (χ2v) is 4.07. The third-order valence-corrected chi connectivity index (χ3v) is 2.65. The molecule has 2 aromatic rings. The molecule has 0 aliphatic rings. The van der Waals surface area contributed by atoms with Crippen LogP contribution in [0.15, 0.2) is 34.9 Å². The van der Waals surface area contributed by atoms with E-state index in [1.807, 2.05) is 30.3 Å². The predicted octanol–water partition coefficient (Wildman–Crippen LogP) is 1.71. The van der Waals surface area contributed by atoms with Crippen LogP contribution in [0.5, 0.6) is 0 Å². The number of anilines is 1. The van der Waals surface area contributed by atoms with Crippen molar-refractivity contribution in [2.24, 2.45) is 0 Å². The number of halogens is 1. The van der Waals surface area contributed by atoms with Crippen LogP contribution in [0.4, 0.5) is 5.88 Å². The van der Waals surface area contributed by atoms with Crippen molar-refractivity contribution in [3.05, 3.63) is 41.6 Å². The number of alkyl halides is 1. The zero-order valence-corrected chi connectivity index (χ0v) is 10.6. The summed E-state index contributed by atoms with van der Waals surface area (Å²) in [6.45, 7) is 1.95. The van der Waals surface area contributed by atoms with E-state index in [0.29, 0.717) is 18.1 Å². The van der Waals surface area contributed by atoms with Crippen LogP contribution in [-0.4, -0.2) is 11.2 Å². The van der Waals surface area contributed by atoms with Gasteiger partial charge in [-0.15, -0.1) is 11.6 Å². The Morgan fingerprint density at radius 3 is 2.78 bits per heavy atom. The Balaban J connectivity index is 2.23. The van der Waals surface area contributed by atoms with E-state index in [0.717, 1.165) is 5.56 Å². The zero-order valence-electron chi connectivity index (χ0n) is 9.89. The Kier molecular flexibility index (Phi) is 3.94. The number of benzene rings is 1. The van der Waals surface area contributed by atoms with Crippen molar-refractivity contribution in [3.8, 4) is 0 Å². The van der Waals surface area contributed by atoms with Crippen molar-refractivity contribution in [3.63, 3.8) is 0 Å². The molecule has 1 amide bonds. The number of nitrogens with zero attached hydrogens (tertiary/aromatic N) is 2. The molecule has 94 valence electrons. The van der Waals surface area contributed by atoms with Gasteiger partial charge in [-0.1, -0.05) is 30.3 Å². The Morgan fingerprint density at radius 2 is 2.17 bits per heavy atom. The predicted molar refractivity (Wildman–Crippen MR) is 66.1 cm³/mol. The van der Waals surface area contributed by atoms with E-state index in [-0.39, 0.29) is 11.8 Å². The fourth-order valence-corrected chi connectivity index (χ4v) is 1.83. The average Bonchev–Trinajstić information content (AvgIpc) is 2.72. The highest BCUT2D eigenvalue weighted by molar-refractivity contribution is 6.17. The lowest BCUT2D eigenvalue weighted by Gasteiger charge is -1.95. The Hall–Kier alpha value is -1.88. The molecule has 1 heterocycles. The molecule has 0 saturated carbocycles. The van der Waals surface area contributed by atoms with Crippen molar-refractivity contribution in [2.45, 2.75) is 19.3 Å². The van der Waals surface area contributed by atoms with Gasteiger partial charge in [0.2, 0.25) is 17.7 Å². The van der Waals surface area contributed by atoms with Gasteiger partial charge in [0, 0.05) is 12.5 Å².